The van der Waals surface area contributed by atoms with E-state index in [1.165, 1.54) is 0 Å². The van der Waals surface area contributed by atoms with Gasteiger partial charge in [0.25, 0.3) is 0 Å². The Bertz CT molecular complexity index is 370. The summed E-state index contributed by atoms with van der Waals surface area (Å²) < 4.78 is 0. The zero-order valence-corrected chi connectivity index (χ0v) is 8.95. The second-order valence-corrected chi connectivity index (χ2v) is 4.03. The Morgan fingerprint density at radius 1 is 1.60 bits per heavy atom. The van der Waals surface area contributed by atoms with Crippen LogP contribution in [0.3, 0.4) is 0 Å². The van der Waals surface area contributed by atoms with Gasteiger partial charge in [0.05, 0.1) is 5.57 Å². The fourth-order valence-electron chi connectivity index (χ4n) is 1.83. The SMILES string of the molecule is [C-]#[N+]C(CC#C)([N+]#[C-])C1=CCC(C)CC1. The average Bonchev–Trinajstić information content (AvgIpc) is 2.27. The summed E-state index contributed by atoms with van der Waals surface area (Å²) in [5.41, 5.74) is -0.168. The van der Waals surface area contributed by atoms with Gasteiger partial charge >= 0.3 is 5.66 Å². The average molecular weight is 198 g/mol. The molecule has 1 rings (SSSR count). The van der Waals surface area contributed by atoms with Crippen molar-refractivity contribution in [3.63, 3.8) is 0 Å². The third-order valence-corrected chi connectivity index (χ3v) is 2.91. The van der Waals surface area contributed by atoms with Crippen molar-refractivity contribution in [1.82, 2.24) is 0 Å². The maximum atomic E-state index is 7.17. The molecule has 0 saturated carbocycles. The van der Waals surface area contributed by atoms with Crippen LogP contribution in [0, 0.1) is 31.4 Å². The van der Waals surface area contributed by atoms with Crippen LogP contribution in [-0.4, -0.2) is 5.66 Å². The van der Waals surface area contributed by atoms with E-state index >= 15 is 0 Å². The number of rotatable bonds is 2. The highest BCUT2D eigenvalue weighted by Gasteiger charge is 2.47. The third kappa shape index (κ3) is 2.20. The zero-order valence-electron chi connectivity index (χ0n) is 8.95. The minimum atomic E-state index is -1.10. The van der Waals surface area contributed by atoms with Gasteiger partial charge in [0.2, 0.25) is 0 Å². The number of terminal acetylenes is 1. The molecule has 2 heteroatoms. The lowest BCUT2D eigenvalue weighted by Gasteiger charge is -2.19. The van der Waals surface area contributed by atoms with E-state index in [-0.39, 0.29) is 6.42 Å². The minimum absolute atomic E-state index is 0.209. The highest BCUT2D eigenvalue weighted by molar-refractivity contribution is 5.33. The Labute approximate surface area is 91.6 Å². The molecule has 0 aromatic carbocycles. The van der Waals surface area contributed by atoms with E-state index in [9.17, 15) is 0 Å². The topological polar surface area (TPSA) is 8.72 Å². The molecular formula is C13H14N2. The Balaban J connectivity index is 2.98. The van der Waals surface area contributed by atoms with Crippen LogP contribution in [0.25, 0.3) is 9.69 Å². The fourth-order valence-corrected chi connectivity index (χ4v) is 1.83. The Morgan fingerprint density at radius 3 is 2.67 bits per heavy atom. The van der Waals surface area contributed by atoms with E-state index in [0.717, 1.165) is 24.8 Å². The summed E-state index contributed by atoms with van der Waals surface area (Å²) in [7, 11) is 0. The van der Waals surface area contributed by atoms with Crippen molar-refractivity contribution in [2.75, 3.05) is 0 Å². The number of nitrogens with zero attached hydrogens (tertiary/aromatic N) is 2. The van der Waals surface area contributed by atoms with Crippen molar-refractivity contribution in [3.05, 3.63) is 34.5 Å². The van der Waals surface area contributed by atoms with Gasteiger partial charge in [0, 0.05) is 0 Å². The lowest BCUT2D eigenvalue weighted by molar-refractivity contribution is 0.489. The first-order valence-electron chi connectivity index (χ1n) is 5.08. The van der Waals surface area contributed by atoms with Gasteiger partial charge in [-0.15, -0.1) is 6.42 Å². The lowest BCUT2D eigenvalue weighted by atomic mass is 9.84. The Hall–Kier alpha value is -1.72. The van der Waals surface area contributed by atoms with Gasteiger partial charge in [-0.1, -0.05) is 18.9 Å². The normalized spacial score (nSPS) is 20.7. The van der Waals surface area contributed by atoms with E-state index in [1.54, 1.807) is 0 Å². The molecule has 0 amide bonds. The predicted molar refractivity (Wildman–Crippen MR) is 60.5 cm³/mol. The quantitative estimate of drug-likeness (QED) is 0.366. The second-order valence-electron chi connectivity index (χ2n) is 4.03. The molecule has 0 aliphatic heterocycles. The van der Waals surface area contributed by atoms with Crippen LogP contribution >= 0.6 is 0 Å². The van der Waals surface area contributed by atoms with E-state index in [2.05, 4.69) is 22.5 Å². The summed E-state index contributed by atoms with van der Waals surface area (Å²) in [6.07, 6.45) is 10.4. The molecule has 0 spiro atoms. The van der Waals surface area contributed by atoms with Crippen LogP contribution in [0.5, 0.6) is 0 Å². The van der Waals surface area contributed by atoms with Crippen LogP contribution < -0.4 is 0 Å². The first-order chi connectivity index (χ1) is 7.18. The van der Waals surface area contributed by atoms with Crippen molar-refractivity contribution in [3.8, 4) is 12.3 Å². The summed E-state index contributed by atoms with van der Waals surface area (Å²) in [6, 6.07) is 0. The molecule has 0 aromatic rings. The number of hydrogen-bond donors (Lipinski definition) is 0. The maximum absolute atomic E-state index is 7.17. The molecule has 1 aliphatic carbocycles. The standard InChI is InChI=1S/C13H14N2/c1-5-10-13(14-3,15-4)12-8-6-11(2)7-9-12/h1,8,11H,6-7,9-10H2,2H3. The van der Waals surface area contributed by atoms with Crippen molar-refractivity contribution < 1.29 is 0 Å². The molecule has 0 aromatic heterocycles. The summed E-state index contributed by atoms with van der Waals surface area (Å²) in [5, 5.41) is 0. The third-order valence-electron chi connectivity index (χ3n) is 2.91. The van der Waals surface area contributed by atoms with Crippen molar-refractivity contribution in [1.29, 1.82) is 0 Å². The van der Waals surface area contributed by atoms with Crippen LogP contribution in [0.1, 0.15) is 32.6 Å². The Morgan fingerprint density at radius 2 is 2.27 bits per heavy atom. The van der Waals surface area contributed by atoms with Gasteiger partial charge in [-0.3, -0.25) is 0 Å². The molecular weight excluding hydrogens is 184 g/mol. The molecule has 0 radical (unpaired) electrons. The van der Waals surface area contributed by atoms with E-state index in [1.807, 2.05) is 6.08 Å². The molecule has 1 atom stereocenters. The Kier molecular flexibility index (Phi) is 3.54. The molecule has 0 heterocycles. The summed E-state index contributed by atoms with van der Waals surface area (Å²) >= 11 is 0. The van der Waals surface area contributed by atoms with Crippen LogP contribution in [0.2, 0.25) is 0 Å². The minimum Gasteiger partial charge on any atom is -0.225 e. The summed E-state index contributed by atoms with van der Waals surface area (Å²) in [6.45, 7) is 16.5. The van der Waals surface area contributed by atoms with Gasteiger partial charge in [-0.05, 0) is 25.2 Å². The zero-order chi connectivity index (χ0) is 11.3. The van der Waals surface area contributed by atoms with Crippen LogP contribution in [-0.2, 0) is 0 Å². The van der Waals surface area contributed by atoms with Gasteiger partial charge in [-0.25, -0.2) is 22.8 Å². The van der Waals surface area contributed by atoms with Crippen molar-refractivity contribution in [2.24, 2.45) is 5.92 Å². The van der Waals surface area contributed by atoms with Crippen LogP contribution in [0.15, 0.2) is 11.6 Å². The molecule has 76 valence electrons. The monoisotopic (exact) mass is 198 g/mol. The summed E-state index contributed by atoms with van der Waals surface area (Å²) in [4.78, 5) is 6.92. The number of allylic oxidation sites excluding steroid dienone is 1. The van der Waals surface area contributed by atoms with Gasteiger partial charge in [0.15, 0.2) is 6.42 Å². The molecule has 0 bridgehead atoms. The lowest BCUT2D eigenvalue weighted by Crippen LogP contribution is -2.24. The molecule has 15 heavy (non-hydrogen) atoms. The number of hydrogen-bond acceptors (Lipinski definition) is 0. The van der Waals surface area contributed by atoms with Gasteiger partial charge in [-0.2, -0.15) is 0 Å². The molecule has 1 aliphatic rings. The first-order valence-corrected chi connectivity index (χ1v) is 5.08. The van der Waals surface area contributed by atoms with Gasteiger partial charge < -0.3 is 0 Å². The van der Waals surface area contributed by atoms with E-state index in [4.69, 9.17) is 19.6 Å². The van der Waals surface area contributed by atoms with E-state index in [0.29, 0.717) is 5.92 Å². The maximum Gasteiger partial charge on any atom is 0.516 e. The van der Waals surface area contributed by atoms with Crippen LogP contribution in [0.4, 0.5) is 0 Å². The molecule has 1 unspecified atom stereocenters. The fraction of sp³-hybridized carbons (Fsp3) is 0.538. The van der Waals surface area contributed by atoms with Crippen molar-refractivity contribution in [2.45, 2.75) is 38.3 Å². The molecule has 2 nitrogen and oxygen atoms in total. The smallest absolute Gasteiger partial charge is 0.225 e. The molecule has 0 fully saturated rings. The molecule has 0 saturated heterocycles. The van der Waals surface area contributed by atoms with Crippen molar-refractivity contribution >= 4 is 0 Å². The first kappa shape index (κ1) is 11.4. The second kappa shape index (κ2) is 4.68. The predicted octanol–water partition coefficient (Wildman–Crippen LogP) is 3.29. The highest BCUT2D eigenvalue weighted by atomic mass is 15.0. The largest absolute Gasteiger partial charge is 0.516 e. The molecule has 0 N–H and O–H groups in total. The summed E-state index contributed by atoms with van der Waals surface area (Å²) in [5.74, 6) is 3.11. The van der Waals surface area contributed by atoms with E-state index < -0.39 is 5.66 Å². The highest BCUT2D eigenvalue weighted by Crippen LogP contribution is 2.36. The van der Waals surface area contributed by atoms with Gasteiger partial charge in [0.1, 0.15) is 0 Å².